The molecule has 2 unspecified atom stereocenters. The van der Waals surface area contributed by atoms with Gasteiger partial charge in [-0.3, -0.25) is 9.89 Å². The molecule has 1 aromatic rings. The van der Waals surface area contributed by atoms with Crippen LogP contribution in [0.2, 0.25) is 0 Å². The lowest BCUT2D eigenvalue weighted by molar-refractivity contribution is 0.265. The second kappa shape index (κ2) is 12.4. The molecule has 27 heavy (non-hydrogen) atoms. The van der Waals surface area contributed by atoms with Crippen molar-refractivity contribution in [2.24, 2.45) is 10.9 Å². The zero-order valence-corrected chi connectivity index (χ0v) is 19.2. The zero-order valence-electron chi connectivity index (χ0n) is 16.9. The van der Waals surface area contributed by atoms with E-state index in [1.165, 1.54) is 12.1 Å². The number of ether oxygens (including phenoxy) is 1. The molecule has 2 rings (SSSR count). The molecule has 2 N–H and O–H groups in total. The van der Waals surface area contributed by atoms with E-state index in [2.05, 4.69) is 41.3 Å². The molecule has 1 aromatic carbocycles. The molecule has 1 saturated heterocycles. The molecule has 7 heteroatoms. The Bertz CT molecular complexity index is 568. The number of guanidine groups is 1. The highest BCUT2D eigenvalue weighted by Gasteiger charge is 2.31. The number of nitrogens with one attached hydrogen (secondary N) is 2. The topological polar surface area (TPSA) is 48.9 Å². The van der Waals surface area contributed by atoms with E-state index in [9.17, 15) is 4.39 Å². The van der Waals surface area contributed by atoms with Crippen molar-refractivity contribution in [3.05, 3.63) is 30.1 Å². The first kappa shape index (κ1) is 23.9. The van der Waals surface area contributed by atoms with Crippen LogP contribution in [0.15, 0.2) is 29.3 Å². The summed E-state index contributed by atoms with van der Waals surface area (Å²) in [5.74, 6) is 1.95. The Balaban J connectivity index is 0.00000364. The molecule has 0 amide bonds. The van der Waals surface area contributed by atoms with Crippen LogP contribution < -0.4 is 15.4 Å². The summed E-state index contributed by atoms with van der Waals surface area (Å²) in [6.45, 7) is 10.5. The van der Waals surface area contributed by atoms with E-state index in [0.717, 1.165) is 38.4 Å². The molecule has 154 valence electrons. The zero-order chi connectivity index (χ0) is 18.9. The number of hydrogen-bond acceptors (Lipinski definition) is 3. The maximum atomic E-state index is 12.8. The number of rotatable bonds is 8. The number of benzene rings is 1. The second-order valence-electron chi connectivity index (χ2n) is 7.28. The van der Waals surface area contributed by atoms with Crippen LogP contribution in [0.3, 0.4) is 0 Å². The van der Waals surface area contributed by atoms with Gasteiger partial charge in [-0.2, -0.15) is 0 Å². The minimum Gasteiger partial charge on any atom is -0.494 e. The van der Waals surface area contributed by atoms with Crippen LogP contribution in [0.5, 0.6) is 5.75 Å². The Kier molecular flexibility index (Phi) is 11.0. The quantitative estimate of drug-likeness (QED) is 0.253. The van der Waals surface area contributed by atoms with Gasteiger partial charge in [0.15, 0.2) is 5.96 Å². The standard InChI is InChI=1S/C20H33FN4O.HI/c1-15(2)25-13-16(3)19(14-25)24-20(22-4)23-11-5-6-12-26-18-9-7-17(21)8-10-18;/h7-10,15-16,19H,5-6,11-14H2,1-4H3,(H2,22,23,24);1H. The molecular formula is C20H34FIN4O. The highest BCUT2D eigenvalue weighted by Crippen LogP contribution is 2.18. The fourth-order valence-corrected chi connectivity index (χ4v) is 3.14. The third-order valence-electron chi connectivity index (χ3n) is 4.86. The van der Waals surface area contributed by atoms with E-state index in [-0.39, 0.29) is 29.8 Å². The van der Waals surface area contributed by atoms with E-state index in [4.69, 9.17) is 4.74 Å². The molecular weight excluding hydrogens is 458 g/mol. The minimum atomic E-state index is -0.242. The summed E-state index contributed by atoms with van der Waals surface area (Å²) in [5.41, 5.74) is 0. The molecule has 1 aliphatic rings. The molecule has 2 atom stereocenters. The Morgan fingerprint density at radius 1 is 1.26 bits per heavy atom. The van der Waals surface area contributed by atoms with Crippen molar-refractivity contribution < 1.29 is 9.13 Å². The van der Waals surface area contributed by atoms with Gasteiger partial charge in [-0.25, -0.2) is 4.39 Å². The highest BCUT2D eigenvalue weighted by molar-refractivity contribution is 14.0. The number of likely N-dealkylation sites (tertiary alicyclic amines) is 1. The Hall–Kier alpha value is -1.09. The van der Waals surface area contributed by atoms with E-state index in [0.29, 0.717) is 30.4 Å². The smallest absolute Gasteiger partial charge is 0.191 e. The number of nitrogens with zero attached hydrogens (tertiary/aromatic N) is 2. The van der Waals surface area contributed by atoms with E-state index in [1.54, 1.807) is 12.1 Å². The van der Waals surface area contributed by atoms with Crippen LogP contribution >= 0.6 is 24.0 Å². The van der Waals surface area contributed by atoms with E-state index in [1.807, 2.05) is 7.05 Å². The monoisotopic (exact) mass is 492 g/mol. The van der Waals surface area contributed by atoms with Crippen molar-refractivity contribution in [1.29, 1.82) is 0 Å². The maximum Gasteiger partial charge on any atom is 0.191 e. The lowest BCUT2D eigenvalue weighted by Crippen LogP contribution is -2.47. The Morgan fingerprint density at radius 2 is 1.96 bits per heavy atom. The average molecular weight is 492 g/mol. The Morgan fingerprint density at radius 3 is 2.56 bits per heavy atom. The number of aliphatic imine (C=N–C) groups is 1. The van der Waals surface area contributed by atoms with Crippen LogP contribution in [0.1, 0.15) is 33.6 Å². The summed E-state index contributed by atoms with van der Waals surface area (Å²) in [4.78, 5) is 6.84. The molecule has 0 aliphatic carbocycles. The third kappa shape index (κ3) is 8.21. The maximum absolute atomic E-state index is 12.8. The van der Waals surface area contributed by atoms with Gasteiger partial charge in [-0.1, -0.05) is 6.92 Å². The lowest BCUT2D eigenvalue weighted by atomic mass is 10.1. The van der Waals surface area contributed by atoms with Crippen LogP contribution in [-0.2, 0) is 0 Å². The third-order valence-corrected chi connectivity index (χ3v) is 4.86. The first-order valence-corrected chi connectivity index (χ1v) is 9.59. The first-order chi connectivity index (χ1) is 12.5. The summed E-state index contributed by atoms with van der Waals surface area (Å²) >= 11 is 0. The van der Waals surface area contributed by atoms with Crippen LogP contribution in [0.4, 0.5) is 4.39 Å². The van der Waals surface area contributed by atoms with Crippen molar-refractivity contribution in [2.75, 3.05) is 33.3 Å². The van der Waals surface area contributed by atoms with Crippen molar-refractivity contribution >= 4 is 29.9 Å². The van der Waals surface area contributed by atoms with Gasteiger partial charge >= 0.3 is 0 Å². The van der Waals surface area contributed by atoms with Gasteiger partial charge in [0.1, 0.15) is 11.6 Å². The molecule has 1 heterocycles. The predicted octanol–water partition coefficient (Wildman–Crippen LogP) is 3.50. The summed E-state index contributed by atoms with van der Waals surface area (Å²) in [5, 5.41) is 6.94. The van der Waals surface area contributed by atoms with Crippen molar-refractivity contribution in [3.8, 4) is 5.75 Å². The van der Waals surface area contributed by atoms with Crippen molar-refractivity contribution in [2.45, 2.75) is 45.7 Å². The van der Waals surface area contributed by atoms with Gasteiger partial charge in [0.05, 0.1) is 6.61 Å². The molecule has 5 nitrogen and oxygen atoms in total. The Labute approximate surface area is 180 Å². The molecule has 0 spiro atoms. The van der Waals surface area contributed by atoms with Gasteiger partial charge in [0, 0.05) is 38.8 Å². The number of halogens is 2. The van der Waals surface area contributed by atoms with E-state index < -0.39 is 0 Å². The lowest BCUT2D eigenvalue weighted by Gasteiger charge is -2.22. The molecule has 0 saturated carbocycles. The largest absolute Gasteiger partial charge is 0.494 e. The molecule has 0 bridgehead atoms. The summed E-state index contributed by atoms with van der Waals surface area (Å²) in [6.07, 6.45) is 1.92. The molecule has 1 aliphatic heterocycles. The van der Waals surface area contributed by atoms with Crippen LogP contribution in [0, 0.1) is 11.7 Å². The normalized spacial score (nSPS) is 20.4. The fraction of sp³-hybridized carbons (Fsp3) is 0.650. The van der Waals surface area contributed by atoms with Gasteiger partial charge in [-0.05, 0) is 56.9 Å². The summed E-state index contributed by atoms with van der Waals surface area (Å²) < 4.78 is 18.4. The number of hydrogen-bond donors (Lipinski definition) is 2. The second-order valence-corrected chi connectivity index (χ2v) is 7.28. The predicted molar refractivity (Wildman–Crippen MR) is 121 cm³/mol. The van der Waals surface area contributed by atoms with Crippen LogP contribution in [-0.4, -0.2) is 56.2 Å². The SMILES string of the molecule is CN=C(NCCCCOc1ccc(F)cc1)NC1CN(C(C)C)CC1C.I. The van der Waals surface area contributed by atoms with Gasteiger partial charge in [0.2, 0.25) is 0 Å². The van der Waals surface area contributed by atoms with Gasteiger partial charge < -0.3 is 15.4 Å². The minimum absolute atomic E-state index is 0. The van der Waals surface area contributed by atoms with Crippen LogP contribution in [0.25, 0.3) is 0 Å². The summed E-state index contributed by atoms with van der Waals surface area (Å²) in [6, 6.07) is 7.16. The van der Waals surface area contributed by atoms with Gasteiger partial charge in [0.25, 0.3) is 0 Å². The molecule has 0 aromatic heterocycles. The average Bonchev–Trinajstić information content (AvgIpc) is 2.99. The van der Waals surface area contributed by atoms with Gasteiger partial charge in [-0.15, -0.1) is 24.0 Å². The number of unbranched alkanes of at least 4 members (excludes halogenated alkanes) is 1. The molecule has 0 radical (unpaired) electrons. The first-order valence-electron chi connectivity index (χ1n) is 9.59. The van der Waals surface area contributed by atoms with E-state index >= 15 is 0 Å². The van der Waals surface area contributed by atoms with Crippen molar-refractivity contribution in [1.82, 2.24) is 15.5 Å². The fourth-order valence-electron chi connectivity index (χ4n) is 3.14. The molecule has 1 fully saturated rings. The summed E-state index contributed by atoms with van der Waals surface area (Å²) in [7, 11) is 1.81. The highest BCUT2D eigenvalue weighted by atomic mass is 127. The van der Waals surface area contributed by atoms with Crippen molar-refractivity contribution in [3.63, 3.8) is 0 Å².